The molecule has 3 aromatic rings. The maximum Gasteiger partial charge on any atom is 0.337 e. The molecule has 0 saturated carbocycles. The zero-order valence-corrected chi connectivity index (χ0v) is 23.9. The van der Waals surface area contributed by atoms with E-state index >= 15 is 0 Å². The zero-order valence-electron chi connectivity index (χ0n) is 21.8. The van der Waals surface area contributed by atoms with Crippen LogP contribution in [0.2, 0.25) is 0 Å². The van der Waals surface area contributed by atoms with Gasteiger partial charge in [0.1, 0.15) is 11.6 Å². The van der Waals surface area contributed by atoms with Crippen LogP contribution in [-0.4, -0.2) is 38.6 Å². The number of carbonyl (C=O) groups excluding carboxylic acids is 3. The number of nitrogens with one attached hydrogen (secondary N) is 2. The number of aryl methyl sites for hydroxylation is 2. The highest BCUT2D eigenvalue weighted by Gasteiger charge is 2.16. The van der Waals surface area contributed by atoms with Crippen LogP contribution in [0.5, 0.6) is 11.5 Å². The van der Waals surface area contributed by atoms with E-state index in [2.05, 4.69) is 15.4 Å². The maximum absolute atomic E-state index is 12.7. The molecule has 0 radical (unpaired) electrons. The Kier molecular flexibility index (Phi) is 10.1. The van der Waals surface area contributed by atoms with Crippen molar-refractivity contribution >= 4 is 57.8 Å². The Morgan fingerprint density at radius 3 is 2.26 bits per heavy atom. The highest BCUT2D eigenvalue weighted by atomic mass is 127. The number of methoxy groups -OCH3 is 2. The molecule has 200 valence electrons. The lowest BCUT2D eigenvalue weighted by molar-refractivity contribution is -0.118. The second-order valence-corrected chi connectivity index (χ2v) is 9.53. The number of halogens is 1. The van der Waals surface area contributed by atoms with E-state index in [0.29, 0.717) is 37.6 Å². The van der Waals surface area contributed by atoms with E-state index in [-0.39, 0.29) is 18.1 Å². The molecular formula is C29H26IN3O6. The molecule has 0 bridgehead atoms. The molecule has 10 heteroatoms. The Morgan fingerprint density at radius 2 is 1.64 bits per heavy atom. The van der Waals surface area contributed by atoms with Gasteiger partial charge >= 0.3 is 5.97 Å². The van der Waals surface area contributed by atoms with Crippen LogP contribution in [0.25, 0.3) is 6.08 Å². The van der Waals surface area contributed by atoms with Crippen LogP contribution in [0.1, 0.15) is 27.0 Å². The summed E-state index contributed by atoms with van der Waals surface area (Å²) in [4.78, 5) is 36.7. The molecule has 39 heavy (non-hydrogen) atoms. The standard InChI is InChI=1S/C29H26IN3O6/c1-17-5-8-23(11-18(17)2)32-26(34)16-39-27-24(30)13-19(14-25(27)37-3)12-21(15-31)28(35)33-22-9-6-20(7-10-22)29(36)38-4/h5-14H,16H2,1-4H3,(H,32,34)(H,33,35)/b21-12-. The molecule has 3 rings (SSSR count). The smallest absolute Gasteiger partial charge is 0.337 e. The molecular weight excluding hydrogens is 613 g/mol. The first-order chi connectivity index (χ1) is 18.6. The van der Waals surface area contributed by atoms with Crippen LogP contribution >= 0.6 is 22.6 Å². The summed E-state index contributed by atoms with van der Waals surface area (Å²) in [6.07, 6.45) is 1.42. The van der Waals surface area contributed by atoms with Crippen LogP contribution < -0.4 is 20.1 Å². The fraction of sp³-hybridized carbons (Fsp3) is 0.172. The van der Waals surface area contributed by atoms with E-state index in [1.165, 1.54) is 44.6 Å². The first kappa shape index (κ1) is 29.2. The molecule has 0 heterocycles. The summed E-state index contributed by atoms with van der Waals surface area (Å²) >= 11 is 2.03. The van der Waals surface area contributed by atoms with Crippen molar-refractivity contribution in [3.05, 3.63) is 86.0 Å². The van der Waals surface area contributed by atoms with Gasteiger partial charge in [-0.3, -0.25) is 9.59 Å². The normalized spacial score (nSPS) is 10.7. The van der Waals surface area contributed by atoms with Gasteiger partial charge in [0.25, 0.3) is 11.8 Å². The van der Waals surface area contributed by atoms with Crippen molar-refractivity contribution in [1.82, 2.24) is 0 Å². The molecule has 0 fully saturated rings. The van der Waals surface area contributed by atoms with E-state index < -0.39 is 11.9 Å². The Labute approximate surface area is 239 Å². The summed E-state index contributed by atoms with van der Waals surface area (Å²) in [7, 11) is 2.73. The third-order valence-corrected chi connectivity index (χ3v) is 6.43. The number of ether oxygens (including phenoxy) is 3. The number of nitriles is 1. The Morgan fingerprint density at radius 1 is 0.949 bits per heavy atom. The fourth-order valence-electron chi connectivity index (χ4n) is 3.44. The van der Waals surface area contributed by atoms with Gasteiger partial charge in [-0.1, -0.05) is 6.07 Å². The Hall–Kier alpha value is -4.37. The van der Waals surface area contributed by atoms with Crippen molar-refractivity contribution in [2.75, 3.05) is 31.5 Å². The number of rotatable bonds is 9. The monoisotopic (exact) mass is 639 g/mol. The molecule has 3 aromatic carbocycles. The molecule has 0 aromatic heterocycles. The topological polar surface area (TPSA) is 127 Å². The number of esters is 1. The fourth-order valence-corrected chi connectivity index (χ4v) is 4.22. The average Bonchev–Trinajstić information content (AvgIpc) is 2.92. The van der Waals surface area contributed by atoms with Crippen LogP contribution in [0.15, 0.2) is 60.2 Å². The van der Waals surface area contributed by atoms with Crippen LogP contribution in [0.4, 0.5) is 11.4 Å². The summed E-state index contributed by atoms with van der Waals surface area (Å²) < 4.78 is 16.5. The Balaban J connectivity index is 1.71. The third-order valence-electron chi connectivity index (χ3n) is 5.63. The lowest BCUT2D eigenvalue weighted by Crippen LogP contribution is -2.20. The summed E-state index contributed by atoms with van der Waals surface area (Å²) in [5.74, 6) is -0.755. The predicted octanol–water partition coefficient (Wildman–Crippen LogP) is 5.27. The summed E-state index contributed by atoms with van der Waals surface area (Å²) in [6.45, 7) is 3.72. The molecule has 0 aliphatic rings. The van der Waals surface area contributed by atoms with Crippen LogP contribution in [-0.2, 0) is 14.3 Å². The van der Waals surface area contributed by atoms with Crippen molar-refractivity contribution in [3.63, 3.8) is 0 Å². The van der Waals surface area contributed by atoms with Gasteiger partial charge in [-0.05, 0) is 108 Å². The number of amides is 2. The van der Waals surface area contributed by atoms with Gasteiger partial charge in [0.2, 0.25) is 0 Å². The minimum atomic E-state index is -0.624. The van der Waals surface area contributed by atoms with Gasteiger partial charge in [-0.2, -0.15) is 5.26 Å². The third kappa shape index (κ3) is 7.81. The zero-order chi connectivity index (χ0) is 28.5. The van der Waals surface area contributed by atoms with Crippen molar-refractivity contribution in [2.45, 2.75) is 13.8 Å². The number of benzene rings is 3. The van der Waals surface area contributed by atoms with E-state index in [1.807, 2.05) is 60.7 Å². The molecule has 9 nitrogen and oxygen atoms in total. The van der Waals surface area contributed by atoms with Crippen molar-refractivity contribution < 1.29 is 28.6 Å². The average molecular weight is 639 g/mol. The quantitative estimate of drug-likeness (QED) is 0.142. The summed E-state index contributed by atoms with van der Waals surface area (Å²) in [5, 5.41) is 15.0. The van der Waals surface area contributed by atoms with E-state index in [4.69, 9.17) is 9.47 Å². The molecule has 0 atom stereocenters. The SMILES string of the molecule is COC(=O)c1ccc(NC(=O)/C(C#N)=C\c2cc(I)c(OCC(=O)Nc3ccc(C)c(C)c3)c(OC)c2)cc1. The molecule has 0 unspecified atom stereocenters. The molecule has 0 spiro atoms. The van der Waals surface area contributed by atoms with Gasteiger partial charge in [0.05, 0.1) is 23.4 Å². The van der Waals surface area contributed by atoms with Crippen molar-refractivity contribution in [3.8, 4) is 17.6 Å². The molecule has 0 saturated heterocycles. The largest absolute Gasteiger partial charge is 0.493 e. The molecule has 2 N–H and O–H groups in total. The lowest BCUT2D eigenvalue weighted by atomic mass is 10.1. The first-order valence-electron chi connectivity index (χ1n) is 11.6. The second-order valence-electron chi connectivity index (χ2n) is 8.36. The van der Waals surface area contributed by atoms with Gasteiger partial charge in [-0.25, -0.2) is 4.79 Å². The summed E-state index contributed by atoms with van der Waals surface area (Å²) in [5.41, 5.74) is 3.99. The van der Waals surface area contributed by atoms with E-state index in [9.17, 15) is 19.6 Å². The van der Waals surface area contributed by atoms with Crippen molar-refractivity contribution in [1.29, 1.82) is 5.26 Å². The first-order valence-corrected chi connectivity index (χ1v) is 12.7. The van der Waals surface area contributed by atoms with Gasteiger partial charge in [-0.15, -0.1) is 0 Å². The summed E-state index contributed by atoms with van der Waals surface area (Å²) in [6, 6.07) is 16.9. The predicted molar refractivity (Wildman–Crippen MR) is 156 cm³/mol. The van der Waals surface area contributed by atoms with E-state index in [0.717, 1.165) is 11.1 Å². The molecule has 0 aliphatic heterocycles. The van der Waals surface area contributed by atoms with Gasteiger partial charge in [0, 0.05) is 11.4 Å². The number of anilines is 2. The van der Waals surface area contributed by atoms with Crippen molar-refractivity contribution in [2.24, 2.45) is 0 Å². The van der Waals surface area contributed by atoms with Crippen LogP contribution in [0.3, 0.4) is 0 Å². The molecule has 2 amide bonds. The number of nitrogens with zero attached hydrogens (tertiary/aromatic N) is 1. The highest BCUT2D eigenvalue weighted by Crippen LogP contribution is 2.34. The lowest BCUT2D eigenvalue weighted by Gasteiger charge is -2.14. The highest BCUT2D eigenvalue weighted by molar-refractivity contribution is 14.1. The van der Waals surface area contributed by atoms with Gasteiger partial charge in [0.15, 0.2) is 18.1 Å². The molecule has 0 aliphatic carbocycles. The number of carbonyl (C=O) groups is 3. The number of hydrogen-bond acceptors (Lipinski definition) is 7. The second kappa shape index (κ2) is 13.4. The number of hydrogen-bond donors (Lipinski definition) is 2. The van der Waals surface area contributed by atoms with Gasteiger partial charge < -0.3 is 24.8 Å². The maximum atomic E-state index is 12.7. The Bertz CT molecular complexity index is 1480. The van der Waals surface area contributed by atoms with E-state index in [1.54, 1.807) is 12.1 Å². The van der Waals surface area contributed by atoms with Crippen LogP contribution in [0, 0.1) is 28.7 Å². The minimum Gasteiger partial charge on any atom is -0.493 e. The minimum absolute atomic E-state index is 0.147.